The fraction of sp³-hybridized carbons (Fsp3) is 0.316. The van der Waals surface area contributed by atoms with Crippen LogP contribution in [0.1, 0.15) is 43.5 Å². The molecule has 2 aromatic rings. The summed E-state index contributed by atoms with van der Waals surface area (Å²) in [4.78, 5) is 18.0. The van der Waals surface area contributed by atoms with Crippen LogP contribution in [0.25, 0.3) is 11.3 Å². The van der Waals surface area contributed by atoms with E-state index < -0.39 is 0 Å². The molecule has 5 nitrogen and oxygen atoms in total. The van der Waals surface area contributed by atoms with Crippen LogP contribution in [0.4, 0.5) is 0 Å². The first-order chi connectivity index (χ1) is 11.7. The molecule has 0 unspecified atom stereocenters. The van der Waals surface area contributed by atoms with Crippen molar-refractivity contribution in [1.82, 2.24) is 9.97 Å². The molecule has 0 saturated carbocycles. The highest BCUT2D eigenvalue weighted by Gasteiger charge is 2.05. The molecular weight excluding hydrogens is 300 g/mol. The number of H-pyrrole nitrogens is 1. The van der Waals surface area contributed by atoms with Gasteiger partial charge in [-0.05, 0) is 31.2 Å². The minimum atomic E-state index is 0.384. The predicted molar refractivity (Wildman–Crippen MR) is 97.0 cm³/mol. The number of nitrogens with zero attached hydrogens (tertiary/aromatic N) is 1. The van der Waals surface area contributed by atoms with Gasteiger partial charge in [-0.2, -0.15) is 0 Å². The number of hydrogen-bond acceptors (Lipinski definition) is 4. The Morgan fingerprint density at radius 1 is 1.25 bits per heavy atom. The lowest BCUT2D eigenvalue weighted by molar-refractivity contribution is -0.107. The number of hydrogen-bond donors (Lipinski definition) is 3. The number of allylic oxidation sites excluding steroid dienone is 1. The van der Waals surface area contributed by atoms with E-state index in [1.807, 2.05) is 30.5 Å². The molecule has 0 saturated heterocycles. The lowest BCUT2D eigenvalue weighted by atomic mass is 10.1. The molecule has 1 aromatic carbocycles. The predicted octanol–water partition coefficient (Wildman–Crippen LogP) is 3.61. The third kappa shape index (κ3) is 5.19. The van der Waals surface area contributed by atoms with Gasteiger partial charge in [-0.1, -0.05) is 31.0 Å². The monoisotopic (exact) mass is 324 g/mol. The third-order valence-corrected chi connectivity index (χ3v) is 3.86. The van der Waals surface area contributed by atoms with Gasteiger partial charge in [0.05, 0.1) is 17.6 Å². The van der Waals surface area contributed by atoms with E-state index in [9.17, 15) is 4.79 Å². The second-order valence-corrected chi connectivity index (χ2v) is 5.72. The number of nitrogens with two attached hydrogens (primary N) is 1. The number of unbranched alkanes of at least 4 members (excludes halogenated alkanes) is 4. The van der Waals surface area contributed by atoms with Crippen LogP contribution in [0.3, 0.4) is 0 Å². The summed E-state index contributed by atoms with van der Waals surface area (Å²) in [6.45, 7) is 0. The Kier molecular flexibility index (Phi) is 6.95. The van der Waals surface area contributed by atoms with E-state index in [1.165, 1.54) is 6.20 Å². The number of carbonyl (C=O) groups is 1. The van der Waals surface area contributed by atoms with Gasteiger partial charge in [0.15, 0.2) is 0 Å². The van der Waals surface area contributed by atoms with Crippen molar-refractivity contribution in [2.24, 2.45) is 5.73 Å². The maximum Gasteiger partial charge on any atom is 0.119 e. The zero-order chi connectivity index (χ0) is 17.2. The van der Waals surface area contributed by atoms with Crippen LogP contribution < -0.4 is 5.73 Å². The van der Waals surface area contributed by atoms with Gasteiger partial charge in [0, 0.05) is 24.0 Å². The second kappa shape index (κ2) is 9.45. The number of aromatic nitrogens is 2. The number of aryl methyl sites for hydroxylation is 1. The Bertz CT molecular complexity index is 703. The van der Waals surface area contributed by atoms with Gasteiger partial charge < -0.3 is 20.9 Å². The molecule has 5 heteroatoms. The molecule has 2 rings (SSSR count). The van der Waals surface area contributed by atoms with E-state index >= 15 is 0 Å². The van der Waals surface area contributed by atoms with Crippen LogP contribution in [-0.2, 0) is 11.2 Å². The average Bonchev–Trinajstić information content (AvgIpc) is 3.07. The van der Waals surface area contributed by atoms with E-state index in [2.05, 4.69) is 9.97 Å². The van der Waals surface area contributed by atoms with Crippen molar-refractivity contribution >= 4 is 12.0 Å². The molecule has 0 aliphatic rings. The van der Waals surface area contributed by atoms with Crippen molar-refractivity contribution in [3.63, 3.8) is 0 Å². The van der Waals surface area contributed by atoms with Crippen molar-refractivity contribution in [3.8, 4) is 11.3 Å². The molecule has 0 bridgehead atoms. The largest absolute Gasteiger partial charge is 0.405 e. The number of aldehydes is 1. The Morgan fingerprint density at radius 2 is 2.08 bits per heavy atom. The van der Waals surface area contributed by atoms with E-state index in [1.54, 1.807) is 6.08 Å². The molecule has 0 spiro atoms. The highest BCUT2D eigenvalue weighted by molar-refractivity contribution is 6.06. The van der Waals surface area contributed by atoms with Gasteiger partial charge in [0.1, 0.15) is 12.1 Å². The second-order valence-electron chi connectivity index (χ2n) is 5.72. The summed E-state index contributed by atoms with van der Waals surface area (Å²) >= 11 is 0. The van der Waals surface area contributed by atoms with Crippen molar-refractivity contribution < 1.29 is 4.79 Å². The van der Waals surface area contributed by atoms with Crippen LogP contribution >= 0.6 is 0 Å². The highest BCUT2D eigenvalue weighted by Crippen LogP contribution is 2.19. The van der Waals surface area contributed by atoms with E-state index in [-0.39, 0.29) is 0 Å². The van der Waals surface area contributed by atoms with Gasteiger partial charge >= 0.3 is 0 Å². The van der Waals surface area contributed by atoms with Crippen LogP contribution in [0, 0.1) is 5.41 Å². The maximum absolute atomic E-state index is 10.3. The Morgan fingerprint density at radius 3 is 2.88 bits per heavy atom. The number of benzene rings is 1. The van der Waals surface area contributed by atoms with Crippen LogP contribution in [-0.4, -0.2) is 22.0 Å². The zero-order valence-electron chi connectivity index (χ0n) is 13.8. The molecule has 126 valence electrons. The van der Waals surface area contributed by atoms with Gasteiger partial charge in [0.2, 0.25) is 0 Å². The average molecular weight is 324 g/mol. The van der Waals surface area contributed by atoms with Crippen molar-refractivity contribution in [2.75, 3.05) is 0 Å². The van der Waals surface area contributed by atoms with Gasteiger partial charge in [-0.25, -0.2) is 4.98 Å². The number of imidazole rings is 1. The normalized spacial score (nSPS) is 11.0. The summed E-state index contributed by atoms with van der Waals surface area (Å²) in [5, 5.41) is 7.94. The number of nitrogens with one attached hydrogen (secondary N) is 2. The number of aromatic amines is 1. The molecule has 0 aliphatic carbocycles. The first-order valence-corrected chi connectivity index (χ1v) is 8.29. The Hall–Kier alpha value is -2.69. The fourth-order valence-corrected chi connectivity index (χ4v) is 2.56. The lowest BCUT2D eigenvalue weighted by Gasteiger charge is -2.03. The zero-order valence-corrected chi connectivity index (χ0v) is 13.8. The molecule has 0 fully saturated rings. The van der Waals surface area contributed by atoms with Crippen molar-refractivity contribution in [1.29, 1.82) is 5.41 Å². The molecule has 1 aromatic heterocycles. The number of carbonyl (C=O) groups excluding carboxylic acids is 1. The van der Waals surface area contributed by atoms with Gasteiger partial charge in [-0.15, -0.1) is 0 Å². The van der Waals surface area contributed by atoms with E-state index in [0.29, 0.717) is 12.1 Å². The maximum atomic E-state index is 10.3. The van der Waals surface area contributed by atoms with Crippen LogP contribution in [0.5, 0.6) is 0 Å². The highest BCUT2D eigenvalue weighted by atomic mass is 16.1. The fourth-order valence-electron chi connectivity index (χ4n) is 2.56. The summed E-state index contributed by atoms with van der Waals surface area (Å²) in [6, 6.07) is 7.78. The molecule has 24 heavy (non-hydrogen) atoms. The Balaban J connectivity index is 1.94. The topological polar surface area (TPSA) is 95.6 Å². The minimum absolute atomic E-state index is 0.384. The SMILES string of the molecule is N=C(/C=C\N)c1cccc(-c2cnc(CCCCCCC=O)[nH]2)c1. The molecule has 0 aliphatic heterocycles. The standard InChI is InChI=1S/C19H24N4O/c20-11-10-17(21)15-7-6-8-16(13-15)18-14-22-19(23-18)9-4-2-1-3-5-12-24/h6-8,10-14,21H,1-5,9,20H2,(H,22,23)/b11-10-,21-17?. The third-order valence-electron chi connectivity index (χ3n) is 3.86. The molecule has 4 N–H and O–H groups in total. The van der Waals surface area contributed by atoms with E-state index in [0.717, 1.165) is 61.0 Å². The van der Waals surface area contributed by atoms with Crippen molar-refractivity contribution in [3.05, 3.63) is 54.1 Å². The summed E-state index contributed by atoms with van der Waals surface area (Å²) in [5.74, 6) is 0.975. The quantitative estimate of drug-likeness (QED) is 0.354. The summed E-state index contributed by atoms with van der Waals surface area (Å²) in [6.07, 6.45) is 11.6. The van der Waals surface area contributed by atoms with Gasteiger partial charge in [-0.3, -0.25) is 0 Å². The molecule has 0 radical (unpaired) electrons. The lowest BCUT2D eigenvalue weighted by Crippen LogP contribution is -1.96. The van der Waals surface area contributed by atoms with Gasteiger partial charge in [0.25, 0.3) is 0 Å². The minimum Gasteiger partial charge on any atom is -0.405 e. The molecular formula is C19H24N4O. The van der Waals surface area contributed by atoms with E-state index in [4.69, 9.17) is 11.1 Å². The summed E-state index contributed by atoms with van der Waals surface area (Å²) < 4.78 is 0. The van der Waals surface area contributed by atoms with Crippen LogP contribution in [0.15, 0.2) is 42.7 Å². The first-order valence-electron chi connectivity index (χ1n) is 8.29. The smallest absolute Gasteiger partial charge is 0.119 e. The summed E-state index contributed by atoms with van der Waals surface area (Å²) in [5.41, 5.74) is 8.52. The van der Waals surface area contributed by atoms with Crippen molar-refractivity contribution in [2.45, 2.75) is 38.5 Å². The molecule has 0 atom stereocenters. The molecule has 1 heterocycles. The van der Waals surface area contributed by atoms with Crippen LogP contribution in [0.2, 0.25) is 0 Å². The Labute approximate surface area is 142 Å². The number of rotatable bonds is 10. The first kappa shape index (κ1) is 17.7. The molecule has 0 amide bonds. The summed E-state index contributed by atoms with van der Waals surface area (Å²) in [7, 11) is 0.